The van der Waals surface area contributed by atoms with Gasteiger partial charge in [0.05, 0.1) is 16.5 Å². The van der Waals surface area contributed by atoms with E-state index < -0.39 is 0 Å². The number of aromatic amines is 1. The van der Waals surface area contributed by atoms with Gasteiger partial charge < -0.3 is 14.8 Å². The monoisotopic (exact) mass is 417 g/mol. The quantitative estimate of drug-likeness (QED) is 0.559. The number of halogens is 2. The molecule has 3 rings (SSSR count). The zero-order chi connectivity index (χ0) is 20.1. The highest BCUT2D eigenvalue weighted by molar-refractivity contribution is 6.42. The lowest BCUT2D eigenvalue weighted by Crippen LogP contribution is -2.34. The summed E-state index contributed by atoms with van der Waals surface area (Å²) in [5.41, 5.74) is 3.05. The fourth-order valence-corrected chi connectivity index (χ4v) is 3.60. The standard InChI is InChI=1S/C22H25Cl2N3O/c1-26(2)10-5-11-27(15-16-8-9-19(23)20(24)12-16)22(28)13-17-14-25-21-7-4-3-6-18(17)21/h3-4,6-9,12,14,25H,5,10-11,13,15H2,1-2H3. The molecule has 1 aromatic heterocycles. The minimum atomic E-state index is 0.106. The molecule has 6 heteroatoms. The van der Waals surface area contributed by atoms with Crippen molar-refractivity contribution in [3.05, 3.63) is 69.8 Å². The minimum Gasteiger partial charge on any atom is -0.361 e. The average molecular weight is 418 g/mol. The lowest BCUT2D eigenvalue weighted by atomic mass is 10.1. The fraction of sp³-hybridized carbons (Fsp3) is 0.318. The molecule has 28 heavy (non-hydrogen) atoms. The number of aromatic nitrogens is 1. The number of carbonyl (C=O) groups is 1. The number of nitrogens with one attached hydrogen (secondary N) is 1. The molecule has 0 bridgehead atoms. The van der Waals surface area contributed by atoms with Crippen LogP contribution in [0.4, 0.5) is 0 Å². The molecule has 0 aliphatic rings. The minimum absolute atomic E-state index is 0.106. The van der Waals surface area contributed by atoms with Gasteiger partial charge in [0, 0.05) is 30.2 Å². The van der Waals surface area contributed by atoms with Crippen LogP contribution in [0.1, 0.15) is 17.5 Å². The summed E-state index contributed by atoms with van der Waals surface area (Å²) >= 11 is 12.2. The van der Waals surface area contributed by atoms with Crippen molar-refractivity contribution >= 4 is 40.0 Å². The number of hydrogen-bond acceptors (Lipinski definition) is 2. The number of rotatable bonds is 8. The van der Waals surface area contributed by atoms with Crippen molar-refractivity contribution in [2.75, 3.05) is 27.2 Å². The van der Waals surface area contributed by atoms with Crippen LogP contribution in [0.2, 0.25) is 10.0 Å². The summed E-state index contributed by atoms with van der Waals surface area (Å²) in [6, 6.07) is 13.6. The maximum absolute atomic E-state index is 13.1. The third kappa shape index (κ3) is 5.28. The van der Waals surface area contributed by atoms with Gasteiger partial charge in [-0.2, -0.15) is 0 Å². The molecule has 0 fully saturated rings. The summed E-state index contributed by atoms with van der Waals surface area (Å²) in [5.74, 6) is 0.106. The van der Waals surface area contributed by atoms with Gasteiger partial charge in [0.1, 0.15) is 0 Å². The smallest absolute Gasteiger partial charge is 0.227 e. The molecule has 0 aliphatic carbocycles. The topological polar surface area (TPSA) is 39.3 Å². The summed E-state index contributed by atoms with van der Waals surface area (Å²) < 4.78 is 0. The average Bonchev–Trinajstić information content (AvgIpc) is 3.06. The van der Waals surface area contributed by atoms with Crippen molar-refractivity contribution in [3.63, 3.8) is 0 Å². The van der Waals surface area contributed by atoms with Gasteiger partial charge in [0.15, 0.2) is 0 Å². The summed E-state index contributed by atoms with van der Waals surface area (Å²) in [4.78, 5) is 20.4. The molecule has 0 aliphatic heterocycles. The van der Waals surface area contributed by atoms with Crippen LogP contribution >= 0.6 is 23.2 Å². The lowest BCUT2D eigenvalue weighted by Gasteiger charge is -2.24. The molecule has 1 heterocycles. The summed E-state index contributed by atoms with van der Waals surface area (Å²) in [6.07, 6.45) is 3.21. The normalized spacial score (nSPS) is 11.3. The van der Waals surface area contributed by atoms with Crippen molar-refractivity contribution in [2.24, 2.45) is 0 Å². The second-order valence-electron chi connectivity index (χ2n) is 7.26. The van der Waals surface area contributed by atoms with Crippen LogP contribution in [-0.4, -0.2) is 47.9 Å². The molecule has 4 nitrogen and oxygen atoms in total. The number of hydrogen-bond donors (Lipinski definition) is 1. The van der Waals surface area contributed by atoms with Crippen LogP contribution in [0.15, 0.2) is 48.7 Å². The van der Waals surface area contributed by atoms with Gasteiger partial charge in [-0.05, 0) is 56.4 Å². The molecule has 2 aromatic carbocycles. The Kier molecular flexibility index (Phi) is 7.00. The van der Waals surface area contributed by atoms with Gasteiger partial charge in [0.25, 0.3) is 0 Å². The lowest BCUT2D eigenvalue weighted by molar-refractivity contribution is -0.131. The van der Waals surface area contributed by atoms with Crippen molar-refractivity contribution < 1.29 is 4.79 Å². The second kappa shape index (κ2) is 9.46. The van der Waals surface area contributed by atoms with Crippen LogP contribution < -0.4 is 0 Å². The van der Waals surface area contributed by atoms with Crippen LogP contribution in [0, 0.1) is 0 Å². The van der Waals surface area contributed by atoms with E-state index in [-0.39, 0.29) is 5.91 Å². The van der Waals surface area contributed by atoms with Gasteiger partial charge in [-0.15, -0.1) is 0 Å². The SMILES string of the molecule is CN(C)CCCN(Cc1ccc(Cl)c(Cl)c1)C(=O)Cc1c[nH]c2ccccc12. The van der Waals surface area contributed by atoms with E-state index in [1.54, 1.807) is 6.07 Å². The molecule has 0 atom stereocenters. The molecule has 1 N–H and O–H groups in total. The Morgan fingerprint density at radius 2 is 1.82 bits per heavy atom. The fourth-order valence-electron chi connectivity index (χ4n) is 3.28. The van der Waals surface area contributed by atoms with E-state index in [1.807, 2.05) is 61.6 Å². The van der Waals surface area contributed by atoms with E-state index in [2.05, 4.69) is 9.88 Å². The molecule has 0 saturated carbocycles. The van der Waals surface area contributed by atoms with Gasteiger partial charge in [0.2, 0.25) is 5.91 Å². The largest absolute Gasteiger partial charge is 0.361 e. The Morgan fingerprint density at radius 3 is 2.57 bits per heavy atom. The van der Waals surface area contributed by atoms with Crippen LogP contribution in [0.25, 0.3) is 10.9 Å². The van der Waals surface area contributed by atoms with Crippen molar-refractivity contribution in [3.8, 4) is 0 Å². The predicted molar refractivity (Wildman–Crippen MR) is 117 cm³/mol. The maximum Gasteiger partial charge on any atom is 0.227 e. The Morgan fingerprint density at radius 1 is 1.04 bits per heavy atom. The second-order valence-corrected chi connectivity index (χ2v) is 8.07. The van der Waals surface area contributed by atoms with Gasteiger partial charge >= 0.3 is 0 Å². The predicted octanol–water partition coefficient (Wildman–Crippen LogP) is 5.00. The molecule has 0 spiro atoms. The van der Waals surface area contributed by atoms with Crippen molar-refractivity contribution in [1.82, 2.24) is 14.8 Å². The Labute approximate surface area is 176 Å². The highest BCUT2D eigenvalue weighted by Crippen LogP contribution is 2.24. The van der Waals surface area contributed by atoms with E-state index in [0.29, 0.717) is 29.6 Å². The van der Waals surface area contributed by atoms with E-state index >= 15 is 0 Å². The van der Waals surface area contributed by atoms with Gasteiger partial charge in [-0.25, -0.2) is 0 Å². The first kappa shape index (κ1) is 20.7. The number of nitrogens with zero attached hydrogens (tertiary/aromatic N) is 2. The number of para-hydroxylation sites is 1. The third-order valence-electron chi connectivity index (χ3n) is 4.76. The number of carbonyl (C=O) groups excluding carboxylic acids is 1. The van der Waals surface area contributed by atoms with Gasteiger partial charge in [-0.1, -0.05) is 47.5 Å². The highest BCUT2D eigenvalue weighted by atomic mass is 35.5. The first-order chi connectivity index (χ1) is 13.4. The summed E-state index contributed by atoms with van der Waals surface area (Å²) in [5, 5.41) is 2.13. The van der Waals surface area contributed by atoms with E-state index in [4.69, 9.17) is 23.2 Å². The zero-order valence-electron chi connectivity index (χ0n) is 16.2. The summed E-state index contributed by atoms with van der Waals surface area (Å²) in [7, 11) is 4.08. The molecule has 0 radical (unpaired) electrons. The molecular weight excluding hydrogens is 393 g/mol. The first-order valence-corrected chi connectivity index (χ1v) is 10.1. The highest BCUT2D eigenvalue weighted by Gasteiger charge is 2.17. The first-order valence-electron chi connectivity index (χ1n) is 9.35. The maximum atomic E-state index is 13.1. The van der Waals surface area contributed by atoms with Crippen LogP contribution in [0.3, 0.4) is 0 Å². The van der Waals surface area contributed by atoms with Crippen LogP contribution in [-0.2, 0) is 17.8 Å². The van der Waals surface area contributed by atoms with Crippen LogP contribution in [0.5, 0.6) is 0 Å². The molecule has 3 aromatic rings. The van der Waals surface area contributed by atoms with E-state index in [9.17, 15) is 4.79 Å². The molecule has 148 valence electrons. The number of amides is 1. The van der Waals surface area contributed by atoms with Crippen molar-refractivity contribution in [1.29, 1.82) is 0 Å². The van der Waals surface area contributed by atoms with Crippen molar-refractivity contribution in [2.45, 2.75) is 19.4 Å². The summed E-state index contributed by atoms with van der Waals surface area (Å²) in [6.45, 7) is 2.14. The zero-order valence-corrected chi connectivity index (χ0v) is 17.7. The number of fused-ring (bicyclic) bond motifs is 1. The van der Waals surface area contributed by atoms with E-state index in [1.165, 1.54) is 0 Å². The Bertz CT molecular complexity index is 952. The Hall–Kier alpha value is -2.01. The van der Waals surface area contributed by atoms with E-state index in [0.717, 1.165) is 35.0 Å². The molecule has 0 saturated heterocycles. The number of H-pyrrole nitrogens is 1. The third-order valence-corrected chi connectivity index (χ3v) is 5.50. The molecular formula is C22H25Cl2N3O. The van der Waals surface area contributed by atoms with Gasteiger partial charge in [-0.3, -0.25) is 4.79 Å². The Balaban J connectivity index is 1.76. The number of benzene rings is 2. The molecule has 1 amide bonds. The molecule has 0 unspecified atom stereocenters.